The van der Waals surface area contributed by atoms with Crippen molar-refractivity contribution in [2.75, 3.05) is 6.61 Å². The van der Waals surface area contributed by atoms with E-state index in [1.165, 1.54) is 5.56 Å². The van der Waals surface area contributed by atoms with Gasteiger partial charge in [-0.05, 0) is 43.9 Å². The number of rotatable bonds is 7. The summed E-state index contributed by atoms with van der Waals surface area (Å²) in [7, 11) is 0. The molecule has 0 saturated carbocycles. The Bertz CT molecular complexity index is 297. The molecule has 1 rings (SSSR count). The summed E-state index contributed by atoms with van der Waals surface area (Å²) in [5.41, 5.74) is 1.24. The van der Waals surface area contributed by atoms with Crippen LogP contribution in [0.5, 0.6) is 5.75 Å². The number of hydrogen-bond donors (Lipinski definition) is 1. The Morgan fingerprint density at radius 3 is 2.75 bits per heavy atom. The van der Waals surface area contributed by atoms with Gasteiger partial charge in [0.05, 0.1) is 12.7 Å². The summed E-state index contributed by atoms with van der Waals surface area (Å²) in [6, 6.07) is 8.12. The van der Waals surface area contributed by atoms with Crippen molar-refractivity contribution in [1.29, 1.82) is 0 Å². The maximum absolute atomic E-state index is 9.65. The first-order valence-corrected chi connectivity index (χ1v) is 6.16. The molecular formula is C14H22O2. The fourth-order valence-corrected chi connectivity index (χ4v) is 1.77. The molecule has 0 amide bonds. The fraction of sp³-hybridized carbons (Fsp3) is 0.571. The standard InChI is InChI=1S/C14H22O2/c1-3-6-13(15)10-9-12-7-5-8-14(11-12)16-4-2/h5,7-8,11,13,15H,3-4,6,9-10H2,1-2H3. The Morgan fingerprint density at radius 2 is 2.06 bits per heavy atom. The fourth-order valence-electron chi connectivity index (χ4n) is 1.77. The molecule has 2 heteroatoms. The summed E-state index contributed by atoms with van der Waals surface area (Å²) >= 11 is 0. The lowest BCUT2D eigenvalue weighted by Gasteiger charge is -2.10. The van der Waals surface area contributed by atoms with Crippen LogP contribution in [0.1, 0.15) is 38.7 Å². The number of aliphatic hydroxyl groups is 1. The van der Waals surface area contributed by atoms with Crippen LogP contribution in [-0.4, -0.2) is 17.8 Å². The molecule has 1 atom stereocenters. The number of benzene rings is 1. The summed E-state index contributed by atoms with van der Waals surface area (Å²) in [6.07, 6.45) is 3.53. The zero-order valence-corrected chi connectivity index (χ0v) is 10.3. The highest BCUT2D eigenvalue weighted by atomic mass is 16.5. The molecule has 1 N–H and O–H groups in total. The average Bonchev–Trinajstić information content (AvgIpc) is 2.28. The molecule has 0 fully saturated rings. The van der Waals surface area contributed by atoms with E-state index in [1.54, 1.807) is 0 Å². The van der Waals surface area contributed by atoms with Gasteiger partial charge in [-0.2, -0.15) is 0 Å². The molecule has 1 aromatic rings. The molecular weight excluding hydrogens is 200 g/mol. The predicted octanol–water partition coefficient (Wildman–Crippen LogP) is 3.18. The van der Waals surface area contributed by atoms with Crippen LogP contribution in [0.15, 0.2) is 24.3 Å². The van der Waals surface area contributed by atoms with Gasteiger partial charge in [-0.15, -0.1) is 0 Å². The van der Waals surface area contributed by atoms with Crippen molar-refractivity contribution in [3.63, 3.8) is 0 Å². The summed E-state index contributed by atoms with van der Waals surface area (Å²) < 4.78 is 5.44. The van der Waals surface area contributed by atoms with Gasteiger partial charge in [0.2, 0.25) is 0 Å². The van der Waals surface area contributed by atoms with E-state index in [-0.39, 0.29) is 6.10 Å². The number of hydrogen-bond acceptors (Lipinski definition) is 2. The van der Waals surface area contributed by atoms with Gasteiger partial charge in [-0.25, -0.2) is 0 Å². The van der Waals surface area contributed by atoms with Gasteiger partial charge in [-0.3, -0.25) is 0 Å². The third-order valence-electron chi connectivity index (χ3n) is 2.60. The third kappa shape index (κ3) is 4.67. The largest absolute Gasteiger partial charge is 0.494 e. The first-order valence-electron chi connectivity index (χ1n) is 6.16. The van der Waals surface area contributed by atoms with Gasteiger partial charge in [0, 0.05) is 0 Å². The van der Waals surface area contributed by atoms with E-state index in [0.717, 1.165) is 31.4 Å². The Labute approximate surface area is 98.3 Å². The van der Waals surface area contributed by atoms with E-state index in [2.05, 4.69) is 19.1 Å². The Hall–Kier alpha value is -1.02. The Morgan fingerprint density at radius 1 is 1.25 bits per heavy atom. The van der Waals surface area contributed by atoms with Gasteiger partial charge < -0.3 is 9.84 Å². The second-order valence-corrected chi connectivity index (χ2v) is 4.06. The molecule has 16 heavy (non-hydrogen) atoms. The molecule has 2 nitrogen and oxygen atoms in total. The molecule has 0 aromatic heterocycles. The first kappa shape index (κ1) is 13.0. The van der Waals surface area contributed by atoms with E-state index in [4.69, 9.17) is 4.74 Å². The highest BCUT2D eigenvalue weighted by Crippen LogP contribution is 2.15. The Kier molecular flexibility index (Phi) is 5.94. The van der Waals surface area contributed by atoms with Crippen molar-refractivity contribution in [3.8, 4) is 5.75 Å². The maximum Gasteiger partial charge on any atom is 0.119 e. The van der Waals surface area contributed by atoms with Crippen molar-refractivity contribution in [3.05, 3.63) is 29.8 Å². The molecule has 0 saturated heterocycles. The molecule has 1 aromatic carbocycles. The topological polar surface area (TPSA) is 29.5 Å². The highest BCUT2D eigenvalue weighted by molar-refractivity contribution is 5.28. The first-order chi connectivity index (χ1) is 7.76. The Balaban J connectivity index is 2.44. The normalized spacial score (nSPS) is 12.4. The maximum atomic E-state index is 9.65. The van der Waals surface area contributed by atoms with E-state index < -0.39 is 0 Å². The lowest BCUT2D eigenvalue weighted by atomic mass is 10.0. The van der Waals surface area contributed by atoms with E-state index >= 15 is 0 Å². The zero-order valence-electron chi connectivity index (χ0n) is 10.3. The number of aliphatic hydroxyl groups excluding tert-OH is 1. The summed E-state index contributed by atoms with van der Waals surface area (Å²) in [4.78, 5) is 0. The molecule has 0 aliphatic carbocycles. The van der Waals surface area contributed by atoms with Crippen molar-refractivity contribution in [2.45, 2.75) is 45.6 Å². The summed E-state index contributed by atoms with van der Waals surface area (Å²) in [5, 5.41) is 9.65. The van der Waals surface area contributed by atoms with Crippen molar-refractivity contribution < 1.29 is 9.84 Å². The van der Waals surface area contributed by atoms with Gasteiger partial charge in [0.15, 0.2) is 0 Å². The number of ether oxygens (including phenoxy) is 1. The van der Waals surface area contributed by atoms with E-state index in [1.807, 2.05) is 19.1 Å². The van der Waals surface area contributed by atoms with E-state index in [0.29, 0.717) is 6.61 Å². The zero-order chi connectivity index (χ0) is 11.8. The summed E-state index contributed by atoms with van der Waals surface area (Å²) in [6.45, 7) is 4.78. The molecule has 0 bridgehead atoms. The lowest BCUT2D eigenvalue weighted by Crippen LogP contribution is -2.07. The van der Waals surface area contributed by atoms with Crippen LogP contribution in [-0.2, 0) is 6.42 Å². The van der Waals surface area contributed by atoms with Gasteiger partial charge in [0.25, 0.3) is 0 Å². The van der Waals surface area contributed by atoms with Crippen molar-refractivity contribution >= 4 is 0 Å². The molecule has 0 spiro atoms. The van der Waals surface area contributed by atoms with Crippen LogP contribution in [0.4, 0.5) is 0 Å². The minimum Gasteiger partial charge on any atom is -0.494 e. The van der Waals surface area contributed by atoms with Crippen molar-refractivity contribution in [1.82, 2.24) is 0 Å². The number of aryl methyl sites for hydroxylation is 1. The monoisotopic (exact) mass is 222 g/mol. The van der Waals surface area contributed by atoms with Crippen molar-refractivity contribution in [2.24, 2.45) is 0 Å². The second-order valence-electron chi connectivity index (χ2n) is 4.06. The average molecular weight is 222 g/mol. The van der Waals surface area contributed by atoms with Gasteiger partial charge >= 0.3 is 0 Å². The highest BCUT2D eigenvalue weighted by Gasteiger charge is 2.03. The molecule has 0 aliphatic rings. The smallest absolute Gasteiger partial charge is 0.119 e. The molecule has 0 aliphatic heterocycles. The van der Waals surface area contributed by atoms with Gasteiger partial charge in [-0.1, -0.05) is 25.5 Å². The third-order valence-corrected chi connectivity index (χ3v) is 2.60. The molecule has 1 unspecified atom stereocenters. The minimum atomic E-state index is -0.166. The van der Waals surface area contributed by atoms with Crippen LogP contribution < -0.4 is 4.74 Å². The minimum absolute atomic E-state index is 0.166. The van der Waals surface area contributed by atoms with Crippen LogP contribution in [0.25, 0.3) is 0 Å². The van der Waals surface area contributed by atoms with Crippen LogP contribution >= 0.6 is 0 Å². The quantitative estimate of drug-likeness (QED) is 0.767. The predicted molar refractivity (Wildman–Crippen MR) is 66.8 cm³/mol. The van der Waals surface area contributed by atoms with Crippen LogP contribution in [0, 0.1) is 0 Å². The van der Waals surface area contributed by atoms with Crippen LogP contribution in [0.3, 0.4) is 0 Å². The summed E-state index contributed by atoms with van der Waals surface area (Å²) in [5.74, 6) is 0.921. The van der Waals surface area contributed by atoms with E-state index in [9.17, 15) is 5.11 Å². The second kappa shape index (κ2) is 7.29. The van der Waals surface area contributed by atoms with Gasteiger partial charge in [0.1, 0.15) is 5.75 Å². The lowest BCUT2D eigenvalue weighted by molar-refractivity contribution is 0.154. The SMILES string of the molecule is CCCC(O)CCc1cccc(OCC)c1. The molecule has 0 radical (unpaired) electrons. The molecule has 90 valence electrons. The molecule has 0 heterocycles. The van der Waals surface area contributed by atoms with Crippen LogP contribution in [0.2, 0.25) is 0 Å².